The second-order valence-corrected chi connectivity index (χ2v) is 6.08. The summed E-state index contributed by atoms with van der Waals surface area (Å²) in [6, 6.07) is 4.75. The van der Waals surface area contributed by atoms with Crippen LogP contribution in [-0.2, 0) is 17.9 Å². The topological polar surface area (TPSA) is 46.1 Å². The molecule has 1 fully saturated rings. The zero-order chi connectivity index (χ0) is 13.2. The molecule has 0 atom stereocenters. The molecule has 100 valence electrons. The largest absolute Gasteiger partial charge is 0.350 e. The fourth-order valence-corrected chi connectivity index (χ4v) is 1.91. The van der Waals surface area contributed by atoms with E-state index in [-0.39, 0.29) is 11.4 Å². The van der Waals surface area contributed by atoms with E-state index in [1.54, 1.807) is 0 Å². The summed E-state index contributed by atoms with van der Waals surface area (Å²) >= 11 is 0. The van der Waals surface area contributed by atoms with Crippen LogP contribution in [0.1, 0.15) is 39.3 Å². The lowest BCUT2D eigenvalue weighted by Gasteiger charge is -2.21. The van der Waals surface area contributed by atoms with Crippen molar-refractivity contribution in [1.29, 1.82) is 0 Å². The molecule has 1 aromatic rings. The molecule has 0 unspecified atom stereocenters. The Hall–Kier alpha value is -1.29. The minimum atomic E-state index is -0.170. The number of aromatic nitrogens is 1. The SMILES string of the molecule is CC(C)(C)NC(=O)Cn1cccc1CNC1CC1. The normalized spacial score (nSPS) is 15.7. The maximum atomic E-state index is 11.9. The Kier molecular flexibility index (Phi) is 3.76. The van der Waals surface area contributed by atoms with Gasteiger partial charge >= 0.3 is 0 Å². The molecular formula is C14H23N3O. The highest BCUT2D eigenvalue weighted by Crippen LogP contribution is 2.19. The van der Waals surface area contributed by atoms with Crippen molar-refractivity contribution in [2.75, 3.05) is 0 Å². The van der Waals surface area contributed by atoms with Crippen molar-refractivity contribution in [3.05, 3.63) is 24.0 Å². The molecule has 1 aliphatic carbocycles. The molecule has 0 spiro atoms. The Morgan fingerprint density at radius 1 is 1.44 bits per heavy atom. The summed E-state index contributed by atoms with van der Waals surface area (Å²) < 4.78 is 2.01. The first-order valence-electron chi connectivity index (χ1n) is 6.62. The third-order valence-corrected chi connectivity index (χ3v) is 2.90. The Balaban J connectivity index is 1.87. The van der Waals surface area contributed by atoms with Gasteiger partial charge in [-0.2, -0.15) is 0 Å². The molecule has 2 rings (SSSR count). The second-order valence-electron chi connectivity index (χ2n) is 6.08. The van der Waals surface area contributed by atoms with Crippen LogP contribution in [-0.4, -0.2) is 22.1 Å². The summed E-state index contributed by atoms with van der Waals surface area (Å²) in [6.45, 7) is 7.23. The molecule has 0 saturated heterocycles. The monoisotopic (exact) mass is 249 g/mol. The van der Waals surface area contributed by atoms with Gasteiger partial charge in [-0.25, -0.2) is 0 Å². The molecular weight excluding hydrogens is 226 g/mol. The molecule has 0 bridgehead atoms. The Bertz CT molecular complexity index is 413. The number of rotatable bonds is 5. The number of carbonyl (C=O) groups excluding carboxylic acids is 1. The lowest BCUT2D eigenvalue weighted by molar-refractivity contribution is -0.123. The van der Waals surface area contributed by atoms with E-state index in [0.717, 1.165) is 6.54 Å². The van der Waals surface area contributed by atoms with Gasteiger partial charge in [-0.15, -0.1) is 0 Å². The number of hydrogen-bond donors (Lipinski definition) is 2. The van der Waals surface area contributed by atoms with Gasteiger partial charge in [0.15, 0.2) is 0 Å². The van der Waals surface area contributed by atoms with Gasteiger partial charge in [0.25, 0.3) is 0 Å². The molecule has 1 heterocycles. The highest BCUT2D eigenvalue weighted by atomic mass is 16.2. The predicted molar refractivity (Wildman–Crippen MR) is 72.2 cm³/mol. The summed E-state index contributed by atoms with van der Waals surface area (Å²) in [5.74, 6) is 0.0615. The third-order valence-electron chi connectivity index (χ3n) is 2.90. The van der Waals surface area contributed by atoms with Crippen molar-refractivity contribution in [2.24, 2.45) is 0 Å². The van der Waals surface area contributed by atoms with E-state index >= 15 is 0 Å². The zero-order valence-electron chi connectivity index (χ0n) is 11.5. The van der Waals surface area contributed by atoms with Gasteiger partial charge in [0.2, 0.25) is 5.91 Å². The Labute approximate surface area is 109 Å². The predicted octanol–water partition coefficient (Wildman–Crippen LogP) is 1.65. The van der Waals surface area contributed by atoms with Crippen LogP contribution in [0.3, 0.4) is 0 Å². The molecule has 4 nitrogen and oxygen atoms in total. The minimum Gasteiger partial charge on any atom is -0.350 e. The van der Waals surface area contributed by atoms with Crippen LogP contribution in [0.5, 0.6) is 0 Å². The molecule has 1 saturated carbocycles. The average molecular weight is 249 g/mol. The van der Waals surface area contributed by atoms with Gasteiger partial charge in [-0.3, -0.25) is 4.79 Å². The van der Waals surface area contributed by atoms with Gasteiger partial charge in [0, 0.05) is 30.0 Å². The molecule has 0 aromatic carbocycles. The van der Waals surface area contributed by atoms with Crippen molar-refractivity contribution >= 4 is 5.91 Å². The molecule has 1 aromatic heterocycles. The van der Waals surface area contributed by atoms with E-state index in [0.29, 0.717) is 12.6 Å². The van der Waals surface area contributed by atoms with Crippen LogP contribution in [0.4, 0.5) is 0 Å². The van der Waals surface area contributed by atoms with Crippen molar-refractivity contribution < 1.29 is 4.79 Å². The van der Waals surface area contributed by atoms with Crippen LogP contribution in [0, 0.1) is 0 Å². The molecule has 0 radical (unpaired) electrons. The molecule has 0 aliphatic heterocycles. The van der Waals surface area contributed by atoms with E-state index in [1.165, 1.54) is 18.5 Å². The lowest BCUT2D eigenvalue weighted by atomic mass is 10.1. The summed E-state index contributed by atoms with van der Waals surface area (Å²) in [6.07, 6.45) is 4.53. The lowest BCUT2D eigenvalue weighted by Crippen LogP contribution is -2.42. The number of hydrogen-bond acceptors (Lipinski definition) is 2. The molecule has 18 heavy (non-hydrogen) atoms. The van der Waals surface area contributed by atoms with Gasteiger partial charge in [0.05, 0.1) is 0 Å². The van der Waals surface area contributed by atoms with E-state index in [2.05, 4.69) is 16.7 Å². The summed E-state index contributed by atoms with van der Waals surface area (Å²) in [4.78, 5) is 11.9. The van der Waals surface area contributed by atoms with Gasteiger partial charge in [-0.05, 0) is 45.7 Å². The number of carbonyl (C=O) groups is 1. The Morgan fingerprint density at radius 3 is 2.78 bits per heavy atom. The highest BCUT2D eigenvalue weighted by Gasteiger charge is 2.20. The van der Waals surface area contributed by atoms with Crippen molar-refractivity contribution in [3.63, 3.8) is 0 Å². The molecule has 2 N–H and O–H groups in total. The van der Waals surface area contributed by atoms with Crippen LogP contribution < -0.4 is 10.6 Å². The first-order valence-corrected chi connectivity index (χ1v) is 6.62. The fraction of sp³-hybridized carbons (Fsp3) is 0.643. The van der Waals surface area contributed by atoms with Gasteiger partial charge in [0.1, 0.15) is 6.54 Å². The van der Waals surface area contributed by atoms with Crippen LogP contribution in [0.25, 0.3) is 0 Å². The number of amides is 1. The van der Waals surface area contributed by atoms with E-state index in [4.69, 9.17) is 0 Å². The number of nitrogens with one attached hydrogen (secondary N) is 2. The highest BCUT2D eigenvalue weighted by molar-refractivity contribution is 5.76. The van der Waals surface area contributed by atoms with Crippen LogP contribution >= 0.6 is 0 Å². The Morgan fingerprint density at radius 2 is 2.17 bits per heavy atom. The van der Waals surface area contributed by atoms with Crippen LogP contribution in [0.2, 0.25) is 0 Å². The van der Waals surface area contributed by atoms with Gasteiger partial charge < -0.3 is 15.2 Å². The van der Waals surface area contributed by atoms with E-state index < -0.39 is 0 Å². The maximum Gasteiger partial charge on any atom is 0.240 e. The van der Waals surface area contributed by atoms with Crippen LogP contribution in [0.15, 0.2) is 18.3 Å². The summed E-state index contributed by atoms with van der Waals surface area (Å²) in [7, 11) is 0. The van der Waals surface area contributed by atoms with Crippen molar-refractivity contribution in [2.45, 2.75) is 58.3 Å². The number of nitrogens with zero attached hydrogens (tertiary/aromatic N) is 1. The molecule has 4 heteroatoms. The standard InChI is InChI=1S/C14H23N3O/c1-14(2,3)16-13(18)10-17-8-4-5-12(17)9-15-11-6-7-11/h4-5,8,11,15H,6-7,9-10H2,1-3H3,(H,16,18). The summed E-state index contributed by atoms with van der Waals surface area (Å²) in [5.41, 5.74) is 1.00. The quantitative estimate of drug-likeness (QED) is 0.833. The first-order chi connectivity index (χ1) is 8.44. The minimum absolute atomic E-state index is 0.0615. The fourth-order valence-electron chi connectivity index (χ4n) is 1.91. The van der Waals surface area contributed by atoms with E-state index in [9.17, 15) is 4.79 Å². The molecule has 1 amide bonds. The van der Waals surface area contributed by atoms with Gasteiger partial charge in [-0.1, -0.05) is 0 Å². The maximum absolute atomic E-state index is 11.9. The average Bonchev–Trinajstić information content (AvgIpc) is 2.95. The third kappa shape index (κ3) is 4.18. The first kappa shape index (κ1) is 13.1. The molecule has 1 aliphatic rings. The van der Waals surface area contributed by atoms with E-state index in [1.807, 2.05) is 37.6 Å². The second kappa shape index (κ2) is 5.14. The zero-order valence-corrected chi connectivity index (χ0v) is 11.5. The van der Waals surface area contributed by atoms with Crippen molar-refractivity contribution in [3.8, 4) is 0 Å². The van der Waals surface area contributed by atoms with Crippen molar-refractivity contribution in [1.82, 2.24) is 15.2 Å². The summed E-state index contributed by atoms with van der Waals surface area (Å²) in [5, 5.41) is 6.45. The smallest absolute Gasteiger partial charge is 0.240 e.